The lowest BCUT2D eigenvalue weighted by Crippen LogP contribution is -2.35. The van der Waals surface area contributed by atoms with Crippen molar-refractivity contribution in [3.63, 3.8) is 0 Å². The van der Waals surface area contributed by atoms with Gasteiger partial charge in [-0.2, -0.15) is 0 Å². The van der Waals surface area contributed by atoms with Crippen LogP contribution in [0.5, 0.6) is 0 Å². The van der Waals surface area contributed by atoms with E-state index in [-0.39, 0.29) is 0 Å². The van der Waals surface area contributed by atoms with E-state index in [1.807, 2.05) is 0 Å². The summed E-state index contributed by atoms with van der Waals surface area (Å²) in [7, 11) is 0. The Bertz CT molecular complexity index is 463. The Morgan fingerprint density at radius 2 is 1.95 bits per heavy atom. The minimum Gasteiger partial charge on any atom is -0.368 e. The summed E-state index contributed by atoms with van der Waals surface area (Å²) in [5.74, 6) is 0.952. The van der Waals surface area contributed by atoms with Crippen molar-refractivity contribution in [1.29, 1.82) is 0 Å². The number of aryl methyl sites for hydroxylation is 1. The van der Waals surface area contributed by atoms with Crippen molar-refractivity contribution < 1.29 is 0 Å². The second kappa shape index (κ2) is 6.83. The highest BCUT2D eigenvalue weighted by Gasteiger charge is 2.33. The van der Waals surface area contributed by atoms with Gasteiger partial charge < -0.3 is 10.2 Å². The number of anilines is 1. The van der Waals surface area contributed by atoms with Gasteiger partial charge in [-0.25, -0.2) is 0 Å². The molecule has 1 unspecified atom stereocenters. The van der Waals surface area contributed by atoms with E-state index < -0.39 is 0 Å². The van der Waals surface area contributed by atoms with Crippen LogP contribution in [0.1, 0.15) is 56.6 Å². The predicted molar refractivity (Wildman–Crippen MR) is 90.9 cm³/mol. The minimum atomic E-state index is 0.811. The molecule has 1 aromatic rings. The van der Waals surface area contributed by atoms with Gasteiger partial charge in [-0.1, -0.05) is 31.9 Å². The lowest BCUT2D eigenvalue weighted by Gasteiger charge is -2.32. The molecule has 1 heterocycles. The molecule has 1 N–H and O–H groups in total. The van der Waals surface area contributed by atoms with Gasteiger partial charge in [0.15, 0.2) is 0 Å². The standard InChI is InChI=1S/C19H30N2/c1-3-20-14-16-10-11-18(15(2)13-16)21-12-6-9-19(21)17-7-4-5-8-17/h10-11,13,17,19-20H,3-9,12,14H2,1-2H3. The molecule has 2 nitrogen and oxygen atoms in total. The summed E-state index contributed by atoms with van der Waals surface area (Å²) in [5.41, 5.74) is 4.36. The molecule has 2 aliphatic rings. The highest BCUT2D eigenvalue weighted by molar-refractivity contribution is 5.56. The van der Waals surface area contributed by atoms with Crippen LogP contribution in [0.2, 0.25) is 0 Å². The number of benzene rings is 1. The van der Waals surface area contributed by atoms with E-state index in [0.29, 0.717) is 0 Å². The van der Waals surface area contributed by atoms with Gasteiger partial charge in [0.25, 0.3) is 0 Å². The number of hydrogen-bond acceptors (Lipinski definition) is 2. The summed E-state index contributed by atoms with van der Waals surface area (Å²) in [6, 6.07) is 7.87. The van der Waals surface area contributed by atoms with Crippen LogP contribution < -0.4 is 10.2 Å². The maximum Gasteiger partial charge on any atom is 0.0398 e. The van der Waals surface area contributed by atoms with Crippen molar-refractivity contribution in [2.75, 3.05) is 18.0 Å². The van der Waals surface area contributed by atoms with Crippen LogP contribution in [-0.4, -0.2) is 19.1 Å². The van der Waals surface area contributed by atoms with Gasteiger partial charge in [-0.15, -0.1) is 0 Å². The summed E-state index contributed by atoms with van der Waals surface area (Å²) >= 11 is 0. The molecule has 1 aromatic carbocycles. The first-order chi connectivity index (χ1) is 10.3. The van der Waals surface area contributed by atoms with Gasteiger partial charge >= 0.3 is 0 Å². The molecule has 0 aromatic heterocycles. The third-order valence-electron chi connectivity index (χ3n) is 5.39. The molecule has 1 saturated heterocycles. The Hall–Kier alpha value is -1.02. The molecule has 2 heteroatoms. The zero-order valence-electron chi connectivity index (χ0n) is 13.7. The first-order valence-electron chi connectivity index (χ1n) is 8.86. The molecule has 1 aliphatic heterocycles. The first kappa shape index (κ1) is 14.9. The molecule has 0 radical (unpaired) electrons. The zero-order valence-corrected chi connectivity index (χ0v) is 13.7. The molecule has 2 fully saturated rings. The summed E-state index contributed by atoms with van der Waals surface area (Å²) in [4.78, 5) is 2.72. The van der Waals surface area contributed by atoms with E-state index in [1.165, 1.54) is 61.9 Å². The molecule has 3 rings (SSSR count). The van der Waals surface area contributed by atoms with Gasteiger partial charge in [0.05, 0.1) is 0 Å². The van der Waals surface area contributed by atoms with E-state index >= 15 is 0 Å². The Morgan fingerprint density at radius 3 is 2.67 bits per heavy atom. The topological polar surface area (TPSA) is 15.3 Å². The van der Waals surface area contributed by atoms with Crippen molar-refractivity contribution in [3.05, 3.63) is 29.3 Å². The molecule has 21 heavy (non-hydrogen) atoms. The fourth-order valence-corrected chi connectivity index (χ4v) is 4.34. The van der Waals surface area contributed by atoms with Crippen LogP contribution in [0.4, 0.5) is 5.69 Å². The lowest BCUT2D eigenvalue weighted by atomic mass is 9.95. The van der Waals surface area contributed by atoms with Crippen LogP contribution in [-0.2, 0) is 6.54 Å². The highest BCUT2D eigenvalue weighted by Crippen LogP contribution is 2.38. The third-order valence-corrected chi connectivity index (χ3v) is 5.39. The van der Waals surface area contributed by atoms with Crippen LogP contribution >= 0.6 is 0 Å². The second-order valence-corrected chi connectivity index (χ2v) is 6.85. The van der Waals surface area contributed by atoms with Crippen LogP contribution in [0, 0.1) is 12.8 Å². The molecule has 0 bridgehead atoms. The molecule has 0 amide bonds. The van der Waals surface area contributed by atoms with Gasteiger partial charge in [-0.3, -0.25) is 0 Å². The largest absolute Gasteiger partial charge is 0.368 e. The minimum absolute atomic E-state index is 0.811. The fourth-order valence-electron chi connectivity index (χ4n) is 4.34. The van der Waals surface area contributed by atoms with Crippen LogP contribution in [0.15, 0.2) is 18.2 Å². The Balaban J connectivity index is 1.75. The maximum absolute atomic E-state index is 3.42. The molecule has 0 spiro atoms. The van der Waals surface area contributed by atoms with E-state index in [9.17, 15) is 0 Å². The van der Waals surface area contributed by atoms with Crippen molar-refractivity contribution in [2.45, 2.75) is 65.0 Å². The molecule has 1 atom stereocenters. The van der Waals surface area contributed by atoms with Crippen molar-refractivity contribution in [1.82, 2.24) is 5.32 Å². The van der Waals surface area contributed by atoms with Crippen LogP contribution in [0.25, 0.3) is 0 Å². The monoisotopic (exact) mass is 286 g/mol. The first-order valence-corrected chi connectivity index (χ1v) is 8.86. The fraction of sp³-hybridized carbons (Fsp3) is 0.684. The molecular formula is C19H30N2. The predicted octanol–water partition coefficient (Wildman–Crippen LogP) is 4.26. The maximum atomic E-state index is 3.42. The SMILES string of the molecule is CCNCc1ccc(N2CCCC2C2CCCC2)c(C)c1. The van der Waals surface area contributed by atoms with E-state index in [0.717, 1.165) is 25.0 Å². The number of hydrogen-bond donors (Lipinski definition) is 1. The van der Waals surface area contributed by atoms with Crippen molar-refractivity contribution >= 4 is 5.69 Å². The molecular weight excluding hydrogens is 256 g/mol. The van der Waals surface area contributed by atoms with Gasteiger partial charge in [0.1, 0.15) is 0 Å². The van der Waals surface area contributed by atoms with Crippen molar-refractivity contribution in [2.24, 2.45) is 5.92 Å². The molecule has 1 saturated carbocycles. The van der Waals surface area contributed by atoms with Gasteiger partial charge in [0, 0.05) is 24.8 Å². The summed E-state index contributed by atoms with van der Waals surface area (Å²) < 4.78 is 0. The van der Waals surface area contributed by atoms with E-state index in [2.05, 4.69) is 42.3 Å². The quantitative estimate of drug-likeness (QED) is 0.870. The summed E-state index contributed by atoms with van der Waals surface area (Å²) in [6.07, 6.45) is 8.60. The smallest absolute Gasteiger partial charge is 0.0398 e. The lowest BCUT2D eigenvalue weighted by molar-refractivity contribution is 0.430. The normalized spacial score (nSPS) is 23.1. The third kappa shape index (κ3) is 3.26. The number of nitrogens with zero attached hydrogens (tertiary/aromatic N) is 1. The van der Waals surface area contributed by atoms with Gasteiger partial charge in [-0.05, 0) is 62.3 Å². The zero-order chi connectivity index (χ0) is 14.7. The van der Waals surface area contributed by atoms with Crippen molar-refractivity contribution in [3.8, 4) is 0 Å². The number of nitrogens with one attached hydrogen (secondary N) is 1. The molecule has 116 valence electrons. The van der Waals surface area contributed by atoms with E-state index in [4.69, 9.17) is 0 Å². The van der Waals surface area contributed by atoms with E-state index in [1.54, 1.807) is 0 Å². The Kier molecular flexibility index (Phi) is 4.84. The summed E-state index contributed by atoms with van der Waals surface area (Å²) in [6.45, 7) is 7.74. The second-order valence-electron chi connectivity index (χ2n) is 6.85. The Morgan fingerprint density at radius 1 is 1.14 bits per heavy atom. The molecule has 1 aliphatic carbocycles. The summed E-state index contributed by atoms with van der Waals surface area (Å²) in [5, 5.41) is 3.42. The average Bonchev–Trinajstić information content (AvgIpc) is 3.15. The van der Waals surface area contributed by atoms with Crippen LogP contribution in [0.3, 0.4) is 0 Å². The Labute approximate surface area is 129 Å². The number of rotatable bonds is 5. The highest BCUT2D eigenvalue weighted by atomic mass is 15.2. The van der Waals surface area contributed by atoms with Gasteiger partial charge in [0.2, 0.25) is 0 Å². The average molecular weight is 286 g/mol.